The summed E-state index contributed by atoms with van der Waals surface area (Å²) < 4.78 is 24.5. The molecule has 1 amide bonds. The lowest BCUT2D eigenvalue weighted by atomic mass is 9.99. The van der Waals surface area contributed by atoms with E-state index in [0.29, 0.717) is 11.3 Å². The van der Waals surface area contributed by atoms with Crippen molar-refractivity contribution in [3.8, 4) is 0 Å². The van der Waals surface area contributed by atoms with Crippen LogP contribution in [0.5, 0.6) is 0 Å². The molecule has 1 N–H and O–H groups in total. The van der Waals surface area contributed by atoms with Gasteiger partial charge in [-0.15, -0.1) is 0 Å². The van der Waals surface area contributed by atoms with Gasteiger partial charge in [-0.25, -0.2) is 8.42 Å². The highest BCUT2D eigenvalue weighted by Crippen LogP contribution is 2.25. The molecule has 0 bridgehead atoms. The van der Waals surface area contributed by atoms with E-state index in [9.17, 15) is 13.2 Å². The van der Waals surface area contributed by atoms with Crippen LogP contribution in [0.2, 0.25) is 0 Å². The molecule has 1 aliphatic rings. The quantitative estimate of drug-likeness (QED) is 0.758. The van der Waals surface area contributed by atoms with Crippen molar-refractivity contribution in [3.63, 3.8) is 0 Å². The Morgan fingerprint density at radius 3 is 2.33 bits per heavy atom. The highest BCUT2D eigenvalue weighted by molar-refractivity contribution is 7.92. The third-order valence-electron chi connectivity index (χ3n) is 5.75. The lowest BCUT2D eigenvalue weighted by Gasteiger charge is -2.33. The second kappa shape index (κ2) is 9.08. The van der Waals surface area contributed by atoms with Gasteiger partial charge >= 0.3 is 0 Å². The second-order valence-electron chi connectivity index (χ2n) is 8.26. The highest BCUT2D eigenvalue weighted by Gasteiger charge is 2.18. The molecular formula is C23H31N3O3S. The van der Waals surface area contributed by atoms with Crippen LogP contribution < -0.4 is 14.5 Å². The van der Waals surface area contributed by atoms with Crippen molar-refractivity contribution in [1.29, 1.82) is 0 Å². The molecule has 3 rings (SSSR count). The molecule has 0 radical (unpaired) electrons. The summed E-state index contributed by atoms with van der Waals surface area (Å²) in [5, 5.41) is 3.01. The molecule has 2 aromatic rings. The summed E-state index contributed by atoms with van der Waals surface area (Å²) >= 11 is 0. The zero-order chi connectivity index (χ0) is 21.9. The maximum atomic E-state index is 12.6. The van der Waals surface area contributed by atoms with E-state index in [0.717, 1.165) is 30.8 Å². The number of hydrogen-bond acceptors (Lipinski definition) is 4. The normalized spacial score (nSPS) is 18.0. The number of nitrogens with zero attached hydrogens (tertiary/aromatic N) is 2. The molecule has 1 heterocycles. The van der Waals surface area contributed by atoms with Crippen molar-refractivity contribution in [2.75, 3.05) is 35.6 Å². The molecule has 1 saturated heterocycles. The van der Waals surface area contributed by atoms with Crippen LogP contribution in [0.15, 0.2) is 48.5 Å². The number of piperidine rings is 1. The summed E-state index contributed by atoms with van der Waals surface area (Å²) in [6, 6.07) is 14.8. The van der Waals surface area contributed by atoms with E-state index in [-0.39, 0.29) is 11.9 Å². The average molecular weight is 430 g/mol. The molecule has 0 saturated carbocycles. The minimum absolute atomic E-state index is 0.134. The highest BCUT2D eigenvalue weighted by atomic mass is 32.2. The number of nitrogens with one attached hydrogen (secondary N) is 1. The van der Waals surface area contributed by atoms with Gasteiger partial charge in [-0.3, -0.25) is 9.10 Å². The number of benzene rings is 2. The fourth-order valence-corrected chi connectivity index (χ4v) is 4.28. The van der Waals surface area contributed by atoms with Crippen LogP contribution in [-0.4, -0.2) is 40.7 Å². The molecular weight excluding hydrogens is 398 g/mol. The van der Waals surface area contributed by atoms with Crippen molar-refractivity contribution in [3.05, 3.63) is 59.7 Å². The molecule has 0 aliphatic carbocycles. The Kier molecular flexibility index (Phi) is 6.71. The summed E-state index contributed by atoms with van der Waals surface area (Å²) in [5.41, 5.74) is 3.29. The van der Waals surface area contributed by atoms with Gasteiger partial charge in [-0.2, -0.15) is 0 Å². The van der Waals surface area contributed by atoms with Crippen molar-refractivity contribution >= 4 is 27.3 Å². The van der Waals surface area contributed by atoms with E-state index in [2.05, 4.69) is 41.4 Å². The number of hydrogen-bond donors (Lipinski definition) is 1. The fourth-order valence-electron chi connectivity index (χ4n) is 3.78. The number of rotatable bonds is 6. The molecule has 7 heteroatoms. The number of anilines is 2. The van der Waals surface area contributed by atoms with Crippen LogP contribution in [0.25, 0.3) is 0 Å². The Bertz CT molecular complexity index is 972. The van der Waals surface area contributed by atoms with Crippen molar-refractivity contribution in [2.24, 2.45) is 5.92 Å². The van der Waals surface area contributed by atoms with Gasteiger partial charge in [0.05, 0.1) is 18.0 Å². The molecule has 0 aromatic heterocycles. The summed E-state index contributed by atoms with van der Waals surface area (Å²) in [6.07, 6.45) is 3.67. The van der Waals surface area contributed by atoms with Crippen LogP contribution in [0.1, 0.15) is 48.7 Å². The molecule has 162 valence electrons. The first-order valence-corrected chi connectivity index (χ1v) is 12.2. The molecule has 1 fully saturated rings. The third kappa shape index (κ3) is 5.33. The minimum Gasteiger partial charge on any atom is -0.371 e. The summed E-state index contributed by atoms with van der Waals surface area (Å²) in [5.74, 6) is 0.533. The zero-order valence-electron chi connectivity index (χ0n) is 18.1. The van der Waals surface area contributed by atoms with Gasteiger partial charge in [-0.05, 0) is 67.6 Å². The number of amides is 1. The monoisotopic (exact) mass is 429 g/mol. The topological polar surface area (TPSA) is 69.7 Å². The fraction of sp³-hybridized carbons (Fsp3) is 0.435. The Labute approximate surface area is 179 Å². The predicted molar refractivity (Wildman–Crippen MR) is 123 cm³/mol. The van der Waals surface area contributed by atoms with E-state index in [1.807, 2.05) is 6.92 Å². The van der Waals surface area contributed by atoms with Gasteiger partial charge < -0.3 is 10.2 Å². The molecule has 1 aliphatic heterocycles. The van der Waals surface area contributed by atoms with E-state index in [4.69, 9.17) is 0 Å². The van der Waals surface area contributed by atoms with Crippen LogP contribution >= 0.6 is 0 Å². The standard InChI is InChI=1S/C23H31N3O3S/c1-17-6-5-15-26(16-17)22-13-7-19(8-14-22)18(2)24-23(27)20-9-11-21(12-10-20)25(3)30(4,28)29/h7-14,17-18H,5-6,15-16H2,1-4H3,(H,24,27). The van der Waals surface area contributed by atoms with Gasteiger partial charge in [0.15, 0.2) is 0 Å². The minimum atomic E-state index is -3.33. The van der Waals surface area contributed by atoms with E-state index < -0.39 is 10.0 Å². The molecule has 2 aromatic carbocycles. The molecule has 6 nitrogen and oxygen atoms in total. The van der Waals surface area contributed by atoms with E-state index >= 15 is 0 Å². The Hall–Kier alpha value is -2.54. The van der Waals surface area contributed by atoms with Gasteiger partial charge in [0.2, 0.25) is 10.0 Å². The Morgan fingerprint density at radius 2 is 1.77 bits per heavy atom. The first-order valence-electron chi connectivity index (χ1n) is 10.3. The van der Waals surface area contributed by atoms with Crippen molar-refractivity contribution in [2.45, 2.75) is 32.7 Å². The van der Waals surface area contributed by atoms with E-state index in [1.165, 1.54) is 29.9 Å². The van der Waals surface area contributed by atoms with Crippen LogP contribution in [-0.2, 0) is 10.0 Å². The largest absolute Gasteiger partial charge is 0.371 e. The van der Waals surface area contributed by atoms with Crippen LogP contribution in [0.4, 0.5) is 11.4 Å². The maximum Gasteiger partial charge on any atom is 0.251 e. The smallest absolute Gasteiger partial charge is 0.251 e. The van der Waals surface area contributed by atoms with Crippen LogP contribution in [0.3, 0.4) is 0 Å². The van der Waals surface area contributed by atoms with E-state index in [1.54, 1.807) is 24.3 Å². The molecule has 0 spiro atoms. The lowest BCUT2D eigenvalue weighted by molar-refractivity contribution is 0.0940. The number of carbonyl (C=O) groups is 1. The average Bonchev–Trinajstić information content (AvgIpc) is 2.72. The molecule has 2 unspecified atom stereocenters. The van der Waals surface area contributed by atoms with Gasteiger partial charge in [0.1, 0.15) is 0 Å². The third-order valence-corrected chi connectivity index (χ3v) is 6.96. The molecule has 2 atom stereocenters. The van der Waals surface area contributed by atoms with Crippen molar-refractivity contribution in [1.82, 2.24) is 5.32 Å². The predicted octanol–water partition coefficient (Wildman–Crippen LogP) is 3.81. The zero-order valence-corrected chi connectivity index (χ0v) is 18.9. The lowest BCUT2D eigenvalue weighted by Crippen LogP contribution is -2.34. The first-order chi connectivity index (χ1) is 14.1. The van der Waals surface area contributed by atoms with Crippen molar-refractivity contribution < 1.29 is 13.2 Å². The summed E-state index contributed by atoms with van der Waals surface area (Å²) in [7, 11) is -1.84. The summed E-state index contributed by atoms with van der Waals surface area (Å²) in [4.78, 5) is 15.0. The maximum absolute atomic E-state index is 12.6. The van der Waals surface area contributed by atoms with Gasteiger partial charge in [0.25, 0.3) is 5.91 Å². The number of carbonyl (C=O) groups excluding carboxylic acids is 1. The van der Waals surface area contributed by atoms with Crippen LogP contribution in [0, 0.1) is 5.92 Å². The SMILES string of the molecule is CC1CCCN(c2ccc(C(C)NC(=O)c3ccc(N(C)S(C)(=O)=O)cc3)cc2)C1. The van der Waals surface area contributed by atoms with Gasteiger partial charge in [-0.1, -0.05) is 19.1 Å². The first kappa shape index (κ1) is 22.2. The Morgan fingerprint density at radius 1 is 1.13 bits per heavy atom. The summed E-state index contributed by atoms with van der Waals surface area (Å²) in [6.45, 7) is 6.45. The molecule has 30 heavy (non-hydrogen) atoms. The Balaban J connectivity index is 1.62. The second-order valence-corrected chi connectivity index (χ2v) is 10.3. The van der Waals surface area contributed by atoms with Gasteiger partial charge in [0, 0.05) is 31.4 Å². The number of sulfonamides is 1.